The molecular weight excluding hydrogens is 287 g/mol. The number of fused-ring (bicyclic) bond motifs is 1. The SMILES string of the molecule is Cc1ccc2cccc(NCc3cccc(Cl)c3F)c2n1. The number of anilines is 1. The van der Waals surface area contributed by atoms with Crippen molar-refractivity contribution >= 4 is 28.2 Å². The summed E-state index contributed by atoms with van der Waals surface area (Å²) in [6.07, 6.45) is 0. The van der Waals surface area contributed by atoms with Crippen molar-refractivity contribution in [1.82, 2.24) is 4.98 Å². The molecule has 0 spiro atoms. The molecule has 0 radical (unpaired) electrons. The number of halogens is 2. The molecule has 0 amide bonds. The van der Waals surface area contributed by atoms with Crippen molar-refractivity contribution in [2.24, 2.45) is 0 Å². The first-order valence-corrected chi connectivity index (χ1v) is 7.06. The van der Waals surface area contributed by atoms with Crippen LogP contribution in [0.3, 0.4) is 0 Å². The Labute approximate surface area is 127 Å². The van der Waals surface area contributed by atoms with E-state index in [-0.39, 0.29) is 10.8 Å². The lowest BCUT2D eigenvalue weighted by molar-refractivity contribution is 0.613. The van der Waals surface area contributed by atoms with Crippen LogP contribution in [0, 0.1) is 12.7 Å². The third-order valence-electron chi connectivity index (χ3n) is 3.36. The number of hydrogen-bond donors (Lipinski definition) is 1. The fourth-order valence-electron chi connectivity index (χ4n) is 2.26. The molecule has 0 fully saturated rings. The number of aryl methyl sites for hydroxylation is 1. The number of nitrogens with one attached hydrogen (secondary N) is 1. The summed E-state index contributed by atoms with van der Waals surface area (Å²) in [4.78, 5) is 4.55. The lowest BCUT2D eigenvalue weighted by Gasteiger charge is -2.11. The van der Waals surface area contributed by atoms with Crippen molar-refractivity contribution in [1.29, 1.82) is 0 Å². The van der Waals surface area contributed by atoms with Crippen LogP contribution in [0.4, 0.5) is 10.1 Å². The number of pyridine rings is 1. The number of hydrogen-bond acceptors (Lipinski definition) is 2. The molecule has 21 heavy (non-hydrogen) atoms. The van der Waals surface area contributed by atoms with E-state index in [1.807, 2.05) is 37.3 Å². The van der Waals surface area contributed by atoms with E-state index in [1.165, 1.54) is 0 Å². The van der Waals surface area contributed by atoms with Crippen LogP contribution in [0.5, 0.6) is 0 Å². The second kappa shape index (κ2) is 5.70. The summed E-state index contributed by atoms with van der Waals surface area (Å²) in [5, 5.41) is 4.43. The van der Waals surface area contributed by atoms with Gasteiger partial charge in [0.25, 0.3) is 0 Å². The largest absolute Gasteiger partial charge is 0.379 e. The van der Waals surface area contributed by atoms with Gasteiger partial charge in [-0.25, -0.2) is 4.39 Å². The predicted octanol–water partition coefficient (Wildman–Crippen LogP) is 4.95. The topological polar surface area (TPSA) is 24.9 Å². The molecule has 1 heterocycles. The van der Waals surface area contributed by atoms with E-state index in [0.29, 0.717) is 12.1 Å². The summed E-state index contributed by atoms with van der Waals surface area (Å²) in [5.74, 6) is -0.379. The Morgan fingerprint density at radius 1 is 1.10 bits per heavy atom. The van der Waals surface area contributed by atoms with Crippen LogP contribution in [0.15, 0.2) is 48.5 Å². The van der Waals surface area contributed by atoms with Crippen LogP contribution in [-0.4, -0.2) is 4.98 Å². The number of para-hydroxylation sites is 1. The van der Waals surface area contributed by atoms with E-state index in [1.54, 1.807) is 18.2 Å². The highest BCUT2D eigenvalue weighted by molar-refractivity contribution is 6.30. The second-order valence-corrected chi connectivity index (χ2v) is 5.30. The van der Waals surface area contributed by atoms with E-state index < -0.39 is 0 Å². The lowest BCUT2D eigenvalue weighted by atomic mass is 10.1. The van der Waals surface area contributed by atoms with E-state index >= 15 is 0 Å². The third kappa shape index (κ3) is 2.83. The van der Waals surface area contributed by atoms with Gasteiger partial charge in [-0.1, -0.05) is 41.9 Å². The molecule has 0 aliphatic heterocycles. The van der Waals surface area contributed by atoms with E-state index in [9.17, 15) is 4.39 Å². The number of rotatable bonds is 3. The van der Waals surface area contributed by atoms with Crippen molar-refractivity contribution in [2.45, 2.75) is 13.5 Å². The standard InChI is InChI=1S/C17H14ClFN2/c1-11-8-9-12-4-3-7-15(17(12)21-11)20-10-13-5-2-6-14(18)16(13)19/h2-9,20H,10H2,1H3. The van der Waals surface area contributed by atoms with Crippen molar-refractivity contribution in [3.63, 3.8) is 0 Å². The van der Waals surface area contributed by atoms with Gasteiger partial charge in [-0.05, 0) is 25.1 Å². The monoisotopic (exact) mass is 300 g/mol. The number of benzene rings is 2. The Morgan fingerprint density at radius 3 is 2.76 bits per heavy atom. The molecule has 0 saturated carbocycles. The fourth-order valence-corrected chi connectivity index (χ4v) is 2.46. The molecule has 1 N–H and O–H groups in total. The van der Waals surface area contributed by atoms with Crippen molar-refractivity contribution in [3.8, 4) is 0 Å². The normalized spacial score (nSPS) is 10.8. The molecule has 1 aromatic heterocycles. The van der Waals surface area contributed by atoms with Crippen molar-refractivity contribution in [2.75, 3.05) is 5.32 Å². The van der Waals surface area contributed by atoms with Gasteiger partial charge in [-0.15, -0.1) is 0 Å². The van der Waals surface area contributed by atoms with Crippen LogP contribution in [-0.2, 0) is 6.54 Å². The minimum atomic E-state index is -0.379. The predicted molar refractivity (Wildman–Crippen MR) is 85.2 cm³/mol. The molecule has 0 aliphatic carbocycles. The molecule has 0 bridgehead atoms. The smallest absolute Gasteiger partial charge is 0.146 e. The highest BCUT2D eigenvalue weighted by Gasteiger charge is 2.07. The summed E-state index contributed by atoms with van der Waals surface area (Å²) in [5.41, 5.74) is 3.26. The van der Waals surface area contributed by atoms with Crippen LogP contribution in [0.2, 0.25) is 5.02 Å². The molecule has 0 atom stereocenters. The molecular formula is C17H14ClFN2. The van der Waals surface area contributed by atoms with Gasteiger partial charge in [0.15, 0.2) is 0 Å². The second-order valence-electron chi connectivity index (χ2n) is 4.90. The first-order valence-electron chi connectivity index (χ1n) is 6.68. The van der Waals surface area contributed by atoms with Crippen LogP contribution in [0.25, 0.3) is 10.9 Å². The van der Waals surface area contributed by atoms with Gasteiger partial charge in [0.2, 0.25) is 0 Å². The minimum Gasteiger partial charge on any atom is -0.379 e. The van der Waals surface area contributed by atoms with E-state index in [0.717, 1.165) is 22.3 Å². The maximum Gasteiger partial charge on any atom is 0.146 e. The van der Waals surface area contributed by atoms with E-state index in [4.69, 9.17) is 11.6 Å². The molecule has 0 unspecified atom stereocenters. The van der Waals surface area contributed by atoms with Gasteiger partial charge >= 0.3 is 0 Å². The van der Waals surface area contributed by atoms with Gasteiger partial charge in [-0.3, -0.25) is 4.98 Å². The van der Waals surface area contributed by atoms with Crippen LogP contribution < -0.4 is 5.32 Å². The molecule has 106 valence electrons. The Hall–Kier alpha value is -2.13. The molecule has 2 nitrogen and oxygen atoms in total. The van der Waals surface area contributed by atoms with E-state index in [2.05, 4.69) is 10.3 Å². The van der Waals surface area contributed by atoms with Gasteiger partial charge < -0.3 is 5.32 Å². The van der Waals surface area contributed by atoms with Crippen molar-refractivity contribution < 1.29 is 4.39 Å². The Bertz CT molecular complexity index is 802. The lowest BCUT2D eigenvalue weighted by Crippen LogP contribution is -2.03. The highest BCUT2D eigenvalue weighted by atomic mass is 35.5. The first-order chi connectivity index (χ1) is 10.1. The maximum absolute atomic E-state index is 13.9. The summed E-state index contributed by atoms with van der Waals surface area (Å²) in [6, 6.07) is 14.9. The quantitative estimate of drug-likeness (QED) is 0.740. The first kappa shape index (κ1) is 13.8. The zero-order valence-electron chi connectivity index (χ0n) is 11.5. The zero-order chi connectivity index (χ0) is 14.8. The Kier molecular flexibility index (Phi) is 3.76. The maximum atomic E-state index is 13.9. The minimum absolute atomic E-state index is 0.140. The molecule has 3 rings (SSSR count). The fraction of sp³-hybridized carbons (Fsp3) is 0.118. The zero-order valence-corrected chi connectivity index (χ0v) is 12.3. The summed E-state index contributed by atoms with van der Waals surface area (Å²) < 4.78 is 13.9. The number of aromatic nitrogens is 1. The van der Waals surface area contributed by atoms with Gasteiger partial charge in [0, 0.05) is 23.2 Å². The van der Waals surface area contributed by atoms with Gasteiger partial charge in [-0.2, -0.15) is 0 Å². The average molecular weight is 301 g/mol. The molecule has 4 heteroatoms. The molecule has 0 saturated heterocycles. The van der Waals surface area contributed by atoms with Gasteiger partial charge in [0.1, 0.15) is 5.82 Å². The Morgan fingerprint density at radius 2 is 1.90 bits per heavy atom. The van der Waals surface area contributed by atoms with Gasteiger partial charge in [0.05, 0.1) is 16.2 Å². The third-order valence-corrected chi connectivity index (χ3v) is 3.65. The molecule has 2 aromatic carbocycles. The summed E-state index contributed by atoms with van der Waals surface area (Å²) >= 11 is 5.80. The highest BCUT2D eigenvalue weighted by Crippen LogP contribution is 2.24. The Balaban J connectivity index is 1.92. The average Bonchev–Trinajstić information content (AvgIpc) is 2.49. The van der Waals surface area contributed by atoms with Crippen molar-refractivity contribution in [3.05, 3.63) is 70.6 Å². The van der Waals surface area contributed by atoms with Crippen LogP contribution in [0.1, 0.15) is 11.3 Å². The summed E-state index contributed by atoms with van der Waals surface area (Å²) in [6.45, 7) is 2.31. The molecule has 3 aromatic rings. The number of nitrogens with zero attached hydrogens (tertiary/aromatic N) is 1. The summed E-state index contributed by atoms with van der Waals surface area (Å²) in [7, 11) is 0. The van der Waals surface area contributed by atoms with Crippen LogP contribution >= 0.6 is 11.6 Å². The molecule has 0 aliphatic rings.